The van der Waals surface area contributed by atoms with Crippen LogP contribution in [0.25, 0.3) is 0 Å². The lowest BCUT2D eigenvalue weighted by molar-refractivity contribution is -0.134. The van der Waals surface area contributed by atoms with Crippen molar-refractivity contribution < 1.29 is 4.79 Å². The van der Waals surface area contributed by atoms with E-state index in [1.165, 1.54) is 12.8 Å². The Balaban J connectivity index is 0.00000200. The molecule has 2 saturated heterocycles. The molecule has 0 aromatic rings. The largest absolute Gasteiger partial charge is 0.343 e. The third-order valence-corrected chi connectivity index (χ3v) is 5.35. The van der Waals surface area contributed by atoms with E-state index in [4.69, 9.17) is 0 Å². The molecule has 2 heterocycles. The third-order valence-electron chi connectivity index (χ3n) is 5.35. The molecular weight excluding hydrogens is 272 g/mol. The van der Waals surface area contributed by atoms with Gasteiger partial charge in [0.25, 0.3) is 0 Å². The lowest BCUT2D eigenvalue weighted by Crippen LogP contribution is -2.49. The van der Waals surface area contributed by atoms with Crippen LogP contribution in [-0.2, 0) is 4.79 Å². The molecule has 4 heteroatoms. The summed E-state index contributed by atoms with van der Waals surface area (Å²) in [5.74, 6) is 0.759. The van der Waals surface area contributed by atoms with Gasteiger partial charge in [-0.3, -0.25) is 4.79 Å². The predicted molar refractivity (Wildman–Crippen MR) is 86.2 cm³/mol. The van der Waals surface area contributed by atoms with Crippen LogP contribution in [0.3, 0.4) is 0 Å². The summed E-state index contributed by atoms with van der Waals surface area (Å²) in [7, 11) is 2.01. The predicted octanol–water partition coefficient (Wildman–Crippen LogP) is 3.22. The maximum absolute atomic E-state index is 12.4. The molecule has 0 spiro atoms. The van der Waals surface area contributed by atoms with E-state index in [9.17, 15) is 4.79 Å². The fourth-order valence-electron chi connectivity index (χ4n) is 3.26. The number of hydrogen-bond acceptors (Lipinski definition) is 2. The summed E-state index contributed by atoms with van der Waals surface area (Å²) in [6.07, 6.45) is 5.55. The second-order valence-electron chi connectivity index (χ2n) is 7.74. The Bertz CT molecular complexity index is 328. The number of rotatable bonds is 3. The Morgan fingerprint density at radius 1 is 1.25 bits per heavy atom. The summed E-state index contributed by atoms with van der Waals surface area (Å²) in [4.78, 5) is 14.5. The number of carbonyl (C=O) groups is 1. The van der Waals surface area contributed by atoms with Crippen LogP contribution in [0.4, 0.5) is 0 Å². The highest BCUT2D eigenvalue weighted by molar-refractivity contribution is 5.85. The first-order chi connectivity index (χ1) is 8.77. The molecule has 2 rings (SSSR count). The van der Waals surface area contributed by atoms with E-state index in [1.54, 1.807) is 0 Å². The fourth-order valence-corrected chi connectivity index (χ4v) is 3.26. The molecule has 2 aliphatic rings. The van der Waals surface area contributed by atoms with Gasteiger partial charge in [0.1, 0.15) is 0 Å². The molecule has 2 fully saturated rings. The summed E-state index contributed by atoms with van der Waals surface area (Å²) in [6.45, 7) is 8.85. The molecule has 1 N–H and O–H groups in total. The zero-order valence-corrected chi connectivity index (χ0v) is 14.4. The molecule has 1 amide bonds. The van der Waals surface area contributed by atoms with Crippen molar-refractivity contribution in [2.45, 2.75) is 77.9 Å². The number of carbonyl (C=O) groups excluding carboxylic acids is 1. The van der Waals surface area contributed by atoms with Crippen molar-refractivity contribution in [2.24, 2.45) is 11.3 Å². The number of nitrogens with zero attached hydrogens (tertiary/aromatic N) is 1. The van der Waals surface area contributed by atoms with Crippen LogP contribution in [0.2, 0.25) is 0 Å². The van der Waals surface area contributed by atoms with Gasteiger partial charge >= 0.3 is 0 Å². The van der Waals surface area contributed by atoms with Gasteiger partial charge in [-0.1, -0.05) is 27.7 Å². The van der Waals surface area contributed by atoms with Crippen molar-refractivity contribution in [1.82, 2.24) is 10.2 Å². The SMILES string of the molecule is CC(CC(=O)N(C)C1CC2CCC(C1)N2)C(C)(C)C.Cl. The van der Waals surface area contributed by atoms with E-state index >= 15 is 0 Å². The number of piperidine rings is 1. The lowest BCUT2D eigenvalue weighted by atomic mass is 9.80. The highest BCUT2D eigenvalue weighted by Crippen LogP contribution is 2.32. The van der Waals surface area contributed by atoms with Crippen molar-refractivity contribution in [3.63, 3.8) is 0 Å². The van der Waals surface area contributed by atoms with Crippen LogP contribution < -0.4 is 5.32 Å². The summed E-state index contributed by atoms with van der Waals surface area (Å²) < 4.78 is 0. The average Bonchev–Trinajstić information content (AvgIpc) is 2.65. The number of fused-ring (bicyclic) bond motifs is 2. The summed E-state index contributed by atoms with van der Waals surface area (Å²) >= 11 is 0. The molecular formula is C16H31ClN2O. The van der Waals surface area contributed by atoms with Crippen molar-refractivity contribution >= 4 is 18.3 Å². The maximum atomic E-state index is 12.4. The van der Waals surface area contributed by atoms with Crippen LogP contribution in [0, 0.1) is 11.3 Å². The standard InChI is InChI=1S/C16H30N2O.ClH/c1-11(16(2,3)4)8-15(19)18(5)14-9-12-6-7-13(10-14)17-12;/h11-14,17H,6-10H2,1-5H3;1H. The van der Waals surface area contributed by atoms with Crippen molar-refractivity contribution in [2.75, 3.05) is 7.05 Å². The van der Waals surface area contributed by atoms with Crippen LogP contribution in [0.1, 0.15) is 59.8 Å². The van der Waals surface area contributed by atoms with Gasteiger partial charge in [0.2, 0.25) is 5.91 Å². The summed E-state index contributed by atoms with van der Waals surface area (Å²) in [6, 6.07) is 1.76. The molecule has 2 aliphatic heterocycles. The number of nitrogens with one attached hydrogen (secondary N) is 1. The Morgan fingerprint density at radius 3 is 2.20 bits per heavy atom. The van der Waals surface area contributed by atoms with E-state index in [-0.39, 0.29) is 17.8 Å². The molecule has 3 atom stereocenters. The fraction of sp³-hybridized carbons (Fsp3) is 0.938. The van der Waals surface area contributed by atoms with E-state index in [2.05, 4.69) is 33.0 Å². The Morgan fingerprint density at radius 2 is 1.75 bits per heavy atom. The van der Waals surface area contributed by atoms with Gasteiger partial charge < -0.3 is 10.2 Å². The molecule has 3 nitrogen and oxygen atoms in total. The van der Waals surface area contributed by atoms with Crippen LogP contribution in [0.5, 0.6) is 0 Å². The van der Waals surface area contributed by atoms with Crippen molar-refractivity contribution in [1.29, 1.82) is 0 Å². The molecule has 2 bridgehead atoms. The van der Waals surface area contributed by atoms with Crippen molar-refractivity contribution in [3.05, 3.63) is 0 Å². The van der Waals surface area contributed by atoms with Gasteiger partial charge in [-0.15, -0.1) is 12.4 Å². The third kappa shape index (κ3) is 4.11. The Labute approximate surface area is 130 Å². The first-order valence-corrected chi connectivity index (χ1v) is 7.79. The summed E-state index contributed by atoms with van der Waals surface area (Å²) in [5, 5.41) is 3.64. The zero-order valence-electron chi connectivity index (χ0n) is 13.6. The van der Waals surface area contributed by atoms with Gasteiger partial charge in [0.15, 0.2) is 0 Å². The van der Waals surface area contributed by atoms with E-state index < -0.39 is 0 Å². The molecule has 0 saturated carbocycles. The molecule has 118 valence electrons. The first kappa shape index (κ1) is 17.8. The van der Waals surface area contributed by atoms with Gasteiger partial charge in [-0.2, -0.15) is 0 Å². The van der Waals surface area contributed by atoms with Gasteiger partial charge in [0, 0.05) is 31.6 Å². The van der Waals surface area contributed by atoms with Gasteiger partial charge in [-0.25, -0.2) is 0 Å². The van der Waals surface area contributed by atoms with Crippen LogP contribution in [-0.4, -0.2) is 36.0 Å². The van der Waals surface area contributed by atoms with E-state index in [0.29, 0.717) is 36.4 Å². The van der Waals surface area contributed by atoms with E-state index in [0.717, 1.165) is 12.8 Å². The minimum absolute atomic E-state index is 0. The van der Waals surface area contributed by atoms with Crippen LogP contribution in [0.15, 0.2) is 0 Å². The number of amides is 1. The lowest BCUT2D eigenvalue weighted by Gasteiger charge is -2.37. The number of halogens is 1. The quantitative estimate of drug-likeness (QED) is 0.868. The van der Waals surface area contributed by atoms with Gasteiger partial charge in [0.05, 0.1) is 0 Å². The Hall–Kier alpha value is -0.280. The van der Waals surface area contributed by atoms with Gasteiger partial charge in [-0.05, 0) is 37.0 Å². The Kier molecular flexibility index (Phi) is 5.91. The molecule has 0 aliphatic carbocycles. The second kappa shape index (κ2) is 6.65. The summed E-state index contributed by atoms with van der Waals surface area (Å²) in [5.41, 5.74) is 0.212. The topological polar surface area (TPSA) is 32.3 Å². The molecule has 20 heavy (non-hydrogen) atoms. The minimum atomic E-state index is 0. The maximum Gasteiger partial charge on any atom is 0.222 e. The smallest absolute Gasteiger partial charge is 0.222 e. The molecule has 3 unspecified atom stereocenters. The molecule has 0 aromatic heterocycles. The van der Waals surface area contributed by atoms with E-state index in [1.807, 2.05) is 11.9 Å². The average molecular weight is 303 g/mol. The normalized spacial score (nSPS) is 30.6. The zero-order chi connectivity index (χ0) is 14.2. The second-order valence-corrected chi connectivity index (χ2v) is 7.74. The molecule has 0 radical (unpaired) electrons. The first-order valence-electron chi connectivity index (χ1n) is 7.79. The minimum Gasteiger partial charge on any atom is -0.343 e. The van der Waals surface area contributed by atoms with Crippen LogP contribution >= 0.6 is 12.4 Å². The highest BCUT2D eigenvalue weighted by atomic mass is 35.5. The highest BCUT2D eigenvalue weighted by Gasteiger charge is 2.36. The monoisotopic (exact) mass is 302 g/mol. The molecule has 0 aromatic carbocycles. The van der Waals surface area contributed by atoms with Crippen molar-refractivity contribution in [3.8, 4) is 0 Å². The number of hydrogen-bond donors (Lipinski definition) is 1.